The minimum Gasteiger partial charge on any atom is -0.391 e. The highest BCUT2D eigenvalue weighted by molar-refractivity contribution is 5.34. The first kappa shape index (κ1) is 8.56. The molecule has 2 atom stereocenters. The zero-order valence-electron chi connectivity index (χ0n) is 7.77. The second kappa shape index (κ2) is 3.38. The van der Waals surface area contributed by atoms with Crippen LogP contribution >= 0.6 is 0 Å². The Balaban J connectivity index is 1.97. The molecule has 1 aromatic heterocycles. The first-order valence-corrected chi connectivity index (χ1v) is 4.70. The van der Waals surface area contributed by atoms with E-state index in [-0.39, 0.29) is 12.1 Å². The summed E-state index contributed by atoms with van der Waals surface area (Å²) in [5.74, 6) is 0.855. The average molecular weight is 181 g/mol. The third-order valence-corrected chi connectivity index (χ3v) is 2.53. The summed E-state index contributed by atoms with van der Waals surface area (Å²) >= 11 is 0. The SMILES string of the molecule is Cn1ccc(N[C@@H]2CCC[C@H]2O)n1. The topological polar surface area (TPSA) is 50.1 Å². The number of aromatic nitrogens is 2. The molecule has 13 heavy (non-hydrogen) atoms. The maximum atomic E-state index is 9.56. The lowest BCUT2D eigenvalue weighted by Gasteiger charge is -2.15. The van der Waals surface area contributed by atoms with Gasteiger partial charge in [-0.15, -0.1) is 0 Å². The van der Waals surface area contributed by atoms with Crippen LogP contribution in [0.4, 0.5) is 5.82 Å². The summed E-state index contributed by atoms with van der Waals surface area (Å²) < 4.78 is 1.75. The zero-order valence-corrected chi connectivity index (χ0v) is 7.77. The fourth-order valence-electron chi connectivity index (χ4n) is 1.79. The van der Waals surface area contributed by atoms with Crippen molar-refractivity contribution in [3.63, 3.8) is 0 Å². The summed E-state index contributed by atoms with van der Waals surface area (Å²) in [7, 11) is 1.89. The number of anilines is 1. The van der Waals surface area contributed by atoms with Crippen LogP contribution in [0.5, 0.6) is 0 Å². The second-order valence-electron chi connectivity index (χ2n) is 3.62. The quantitative estimate of drug-likeness (QED) is 0.707. The van der Waals surface area contributed by atoms with Gasteiger partial charge in [-0.25, -0.2) is 0 Å². The lowest BCUT2D eigenvalue weighted by Crippen LogP contribution is -2.28. The smallest absolute Gasteiger partial charge is 0.148 e. The molecule has 0 spiro atoms. The predicted molar refractivity (Wildman–Crippen MR) is 50.5 cm³/mol. The third-order valence-electron chi connectivity index (χ3n) is 2.53. The molecule has 1 aliphatic rings. The molecule has 1 saturated carbocycles. The first-order chi connectivity index (χ1) is 6.25. The number of rotatable bonds is 2. The summed E-state index contributed by atoms with van der Waals surface area (Å²) in [5.41, 5.74) is 0. The molecule has 1 aromatic rings. The van der Waals surface area contributed by atoms with E-state index in [9.17, 15) is 5.11 Å². The molecule has 1 fully saturated rings. The van der Waals surface area contributed by atoms with Gasteiger partial charge in [-0.3, -0.25) is 4.68 Å². The molecule has 2 rings (SSSR count). The van der Waals surface area contributed by atoms with Crippen molar-refractivity contribution in [3.05, 3.63) is 12.3 Å². The molecule has 0 saturated heterocycles. The molecule has 0 amide bonds. The van der Waals surface area contributed by atoms with E-state index in [1.54, 1.807) is 4.68 Å². The Labute approximate surface area is 77.6 Å². The van der Waals surface area contributed by atoms with Crippen molar-refractivity contribution in [2.45, 2.75) is 31.4 Å². The molecule has 0 aliphatic heterocycles. The Hall–Kier alpha value is -1.03. The largest absolute Gasteiger partial charge is 0.391 e. The van der Waals surface area contributed by atoms with Crippen molar-refractivity contribution in [2.75, 3.05) is 5.32 Å². The van der Waals surface area contributed by atoms with Gasteiger partial charge in [0.25, 0.3) is 0 Å². The Morgan fingerprint density at radius 2 is 2.46 bits per heavy atom. The van der Waals surface area contributed by atoms with Gasteiger partial charge in [0.2, 0.25) is 0 Å². The second-order valence-corrected chi connectivity index (χ2v) is 3.62. The molecule has 1 aliphatic carbocycles. The Bertz CT molecular complexity index is 284. The van der Waals surface area contributed by atoms with Crippen molar-refractivity contribution < 1.29 is 5.11 Å². The van der Waals surface area contributed by atoms with Crippen LogP contribution in [0.1, 0.15) is 19.3 Å². The van der Waals surface area contributed by atoms with Gasteiger partial charge < -0.3 is 10.4 Å². The van der Waals surface area contributed by atoms with Crippen LogP contribution < -0.4 is 5.32 Å². The Morgan fingerprint density at radius 1 is 1.62 bits per heavy atom. The van der Waals surface area contributed by atoms with Crippen LogP contribution in [0.25, 0.3) is 0 Å². The molecule has 2 N–H and O–H groups in total. The van der Waals surface area contributed by atoms with Gasteiger partial charge in [-0.2, -0.15) is 5.10 Å². The minimum atomic E-state index is -0.206. The molecule has 0 aromatic carbocycles. The van der Waals surface area contributed by atoms with Crippen LogP contribution in [-0.2, 0) is 7.05 Å². The van der Waals surface area contributed by atoms with Gasteiger partial charge in [0.05, 0.1) is 12.1 Å². The fraction of sp³-hybridized carbons (Fsp3) is 0.667. The zero-order chi connectivity index (χ0) is 9.26. The van der Waals surface area contributed by atoms with Crippen LogP contribution in [0.3, 0.4) is 0 Å². The van der Waals surface area contributed by atoms with E-state index in [4.69, 9.17) is 0 Å². The van der Waals surface area contributed by atoms with E-state index in [1.807, 2.05) is 19.3 Å². The molecule has 1 heterocycles. The number of hydrogen-bond acceptors (Lipinski definition) is 3. The molecule has 72 valence electrons. The van der Waals surface area contributed by atoms with E-state index in [0.717, 1.165) is 25.1 Å². The predicted octanol–water partition coefficient (Wildman–Crippen LogP) is 0.745. The highest BCUT2D eigenvalue weighted by Gasteiger charge is 2.25. The van der Waals surface area contributed by atoms with Crippen molar-refractivity contribution in [3.8, 4) is 0 Å². The van der Waals surface area contributed by atoms with Crippen LogP contribution in [-0.4, -0.2) is 27.0 Å². The fourth-order valence-corrected chi connectivity index (χ4v) is 1.79. The molecular formula is C9H15N3O. The molecular weight excluding hydrogens is 166 g/mol. The number of aliphatic hydroxyl groups excluding tert-OH is 1. The summed E-state index contributed by atoms with van der Waals surface area (Å²) in [6.45, 7) is 0. The lowest BCUT2D eigenvalue weighted by molar-refractivity contribution is 0.171. The number of aryl methyl sites for hydroxylation is 1. The molecule has 4 heteroatoms. The number of aliphatic hydroxyl groups is 1. The van der Waals surface area contributed by atoms with E-state index in [0.29, 0.717) is 0 Å². The molecule has 4 nitrogen and oxygen atoms in total. The summed E-state index contributed by atoms with van der Waals surface area (Å²) in [4.78, 5) is 0. The van der Waals surface area contributed by atoms with Crippen molar-refractivity contribution in [1.82, 2.24) is 9.78 Å². The average Bonchev–Trinajstić information content (AvgIpc) is 2.64. The lowest BCUT2D eigenvalue weighted by atomic mass is 10.2. The Kier molecular flexibility index (Phi) is 2.22. The van der Waals surface area contributed by atoms with Gasteiger partial charge in [0.15, 0.2) is 0 Å². The standard InChI is InChI=1S/C9H15N3O/c1-12-6-5-9(11-12)10-7-3-2-4-8(7)13/h5-8,13H,2-4H2,1H3,(H,10,11)/t7-,8-/m1/s1. The van der Waals surface area contributed by atoms with Gasteiger partial charge in [-0.1, -0.05) is 0 Å². The minimum absolute atomic E-state index is 0.190. The van der Waals surface area contributed by atoms with Crippen molar-refractivity contribution in [1.29, 1.82) is 0 Å². The summed E-state index contributed by atoms with van der Waals surface area (Å²) in [5, 5.41) is 17.0. The van der Waals surface area contributed by atoms with E-state index in [2.05, 4.69) is 10.4 Å². The summed E-state index contributed by atoms with van der Waals surface area (Å²) in [6, 6.07) is 2.11. The molecule has 0 radical (unpaired) electrons. The van der Waals surface area contributed by atoms with Crippen LogP contribution in [0.15, 0.2) is 12.3 Å². The van der Waals surface area contributed by atoms with Crippen molar-refractivity contribution >= 4 is 5.82 Å². The number of hydrogen-bond donors (Lipinski definition) is 2. The van der Waals surface area contributed by atoms with Crippen molar-refractivity contribution in [2.24, 2.45) is 7.05 Å². The highest BCUT2D eigenvalue weighted by atomic mass is 16.3. The number of nitrogens with zero attached hydrogens (tertiary/aromatic N) is 2. The van der Waals surface area contributed by atoms with Gasteiger partial charge in [-0.05, 0) is 19.3 Å². The van der Waals surface area contributed by atoms with Gasteiger partial charge in [0, 0.05) is 19.3 Å². The van der Waals surface area contributed by atoms with Crippen LogP contribution in [0, 0.1) is 0 Å². The monoisotopic (exact) mass is 181 g/mol. The molecule has 0 bridgehead atoms. The third kappa shape index (κ3) is 1.83. The maximum Gasteiger partial charge on any atom is 0.148 e. The normalized spacial score (nSPS) is 27.8. The van der Waals surface area contributed by atoms with E-state index in [1.165, 1.54) is 0 Å². The Morgan fingerprint density at radius 3 is 3.00 bits per heavy atom. The van der Waals surface area contributed by atoms with Gasteiger partial charge in [0.1, 0.15) is 5.82 Å². The maximum absolute atomic E-state index is 9.56. The van der Waals surface area contributed by atoms with E-state index >= 15 is 0 Å². The highest BCUT2D eigenvalue weighted by Crippen LogP contribution is 2.21. The molecule has 0 unspecified atom stereocenters. The van der Waals surface area contributed by atoms with E-state index < -0.39 is 0 Å². The number of nitrogens with one attached hydrogen (secondary N) is 1. The van der Waals surface area contributed by atoms with Gasteiger partial charge >= 0.3 is 0 Å². The summed E-state index contributed by atoms with van der Waals surface area (Å²) in [6.07, 6.45) is 4.74. The van der Waals surface area contributed by atoms with Crippen LogP contribution in [0.2, 0.25) is 0 Å². The first-order valence-electron chi connectivity index (χ1n) is 4.70.